The second-order valence-electron chi connectivity index (χ2n) is 3.49. The highest BCUT2D eigenvalue weighted by Gasteiger charge is 2.07. The molecule has 1 amide bonds. The van der Waals surface area contributed by atoms with E-state index in [0.29, 0.717) is 11.7 Å². The first-order chi connectivity index (χ1) is 7.61. The van der Waals surface area contributed by atoms with Crippen molar-refractivity contribution in [2.24, 2.45) is 5.84 Å². The summed E-state index contributed by atoms with van der Waals surface area (Å²) >= 11 is 1.62. The Morgan fingerprint density at radius 3 is 2.69 bits per heavy atom. The van der Waals surface area contributed by atoms with Gasteiger partial charge in [0.05, 0.1) is 0 Å². The molecule has 1 unspecified atom stereocenters. The highest BCUT2D eigenvalue weighted by Crippen LogP contribution is 2.25. The van der Waals surface area contributed by atoms with Crippen LogP contribution in [0.25, 0.3) is 0 Å². The first-order valence-electron chi connectivity index (χ1n) is 5.03. The van der Waals surface area contributed by atoms with Gasteiger partial charge in [-0.25, -0.2) is 10.2 Å². The Kier molecular flexibility index (Phi) is 5.28. The van der Waals surface area contributed by atoms with E-state index in [-0.39, 0.29) is 11.7 Å². The molecule has 0 radical (unpaired) electrons. The summed E-state index contributed by atoms with van der Waals surface area (Å²) in [7, 11) is 0. The normalized spacial score (nSPS) is 12.2. The van der Waals surface area contributed by atoms with Crippen molar-refractivity contribution in [2.75, 3.05) is 0 Å². The van der Waals surface area contributed by atoms with Gasteiger partial charge in [-0.3, -0.25) is 10.2 Å². The van der Waals surface area contributed by atoms with E-state index in [1.54, 1.807) is 23.9 Å². The summed E-state index contributed by atoms with van der Waals surface area (Å²) in [6.07, 6.45) is 1.15. The Labute approximate surface area is 98.6 Å². The first kappa shape index (κ1) is 13.0. The molecule has 0 saturated carbocycles. The maximum Gasteiger partial charge on any atom is 0.233 e. The molecule has 3 N–H and O–H groups in total. The number of rotatable bonds is 5. The summed E-state index contributed by atoms with van der Waals surface area (Å²) < 4.78 is 12.6. The molecular weight excluding hydrogens is 227 g/mol. The lowest BCUT2D eigenvalue weighted by molar-refractivity contribution is -0.121. The minimum atomic E-state index is -0.237. The van der Waals surface area contributed by atoms with Gasteiger partial charge in [-0.15, -0.1) is 11.8 Å². The smallest absolute Gasteiger partial charge is 0.233 e. The fourth-order valence-corrected chi connectivity index (χ4v) is 2.20. The van der Waals surface area contributed by atoms with Crippen molar-refractivity contribution in [2.45, 2.75) is 29.9 Å². The third-order valence-electron chi connectivity index (χ3n) is 2.09. The second kappa shape index (κ2) is 6.50. The molecule has 88 valence electrons. The van der Waals surface area contributed by atoms with Gasteiger partial charge >= 0.3 is 0 Å². The van der Waals surface area contributed by atoms with Crippen LogP contribution in [-0.2, 0) is 4.79 Å². The Bertz CT molecular complexity index is 342. The number of nitrogens with one attached hydrogen (secondary N) is 1. The molecule has 0 aliphatic rings. The third-order valence-corrected chi connectivity index (χ3v) is 3.27. The molecule has 0 saturated heterocycles. The van der Waals surface area contributed by atoms with Crippen molar-refractivity contribution in [3.8, 4) is 0 Å². The van der Waals surface area contributed by atoms with Crippen LogP contribution in [0.4, 0.5) is 4.39 Å². The molecule has 0 bridgehead atoms. The molecule has 16 heavy (non-hydrogen) atoms. The number of thioether (sulfide) groups is 1. The summed E-state index contributed by atoms with van der Waals surface area (Å²) in [5.41, 5.74) is 2.09. The van der Waals surface area contributed by atoms with Crippen LogP contribution in [0.3, 0.4) is 0 Å². The van der Waals surface area contributed by atoms with Crippen LogP contribution in [0.15, 0.2) is 29.2 Å². The van der Waals surface area contributed by atoms with Gasteiger partial charge in [0.25, 0.3) is 0 Å². The number of hydrogen-bond acceptors (Lipinski definition) is 3. The van der Waals surface area contributed by atoms with Crippen molar-refractivity contribution in [3.05, 3.63) is 30.1 Å². The van der Waals surface area contributed by atoms with Crippen LogP contribution >= 0.6 is 11.8 Å². The Hall–Kier alpha value is -1.07. The third kappa shape index (κ3) is 4.63. The fourth-order valence-electron chi connectivity index (χ4n) is 1.21. The zero-order chi connectivity index (χ0) is 12.0. The maximum atomic E-state index is 12.6. The van der Waals surface area contributed by atoms with E-state index in [4.69, 9.17) is 5.84 Å². The number of nitrogens with two attached hydrogens (primary N) is 1. The van der Waals surface area contributed by atoms with E-state index < -0.39 is 0 Å². The molecule has 0 aliphatic heterocycles. The predicted molar refractivity (Wildman–Crippen MR) is 63.3 cm³/mol. The first-order valence-corrected chi connectivity index (χ1v) is 5.91. The molecular formula is C11H15FN2OS. The monoisotopic (exact) mass is 242 g/mol. The van der Waals surface area contributed by atoms with Crippen molar-refractivity contribution < 1.29 is 9.18 Å². The van der Waals surface area contributed by atoms with Gasteiger partial charge < -0.3 is 0 Å². The summed E-state index contributed by atoms with van der Waals surface area (Å²) in [6, 6.07) is 6.34. The summed E-state index contributed by atoms with van der Waals surface area (Å²) in [5, 5.41) is 0.294. The van der Waals surface area contributed by atoms with Crippen LogP contribution < -0.4 is 11.3 Å². The largest absolute Gasteiger partial charge is 0.294 e. The number of hydrazine groups is 1. The molecule has 1 aromatic carbocycles. The van der Waals surface area contributed by atoms with Gasteiger partial charge in [-0.05, 0) is 30.7 Å². The zero-order valence-corrected chi connectivity index (χ0v) is 9.89. The van der Waals surface area contributed by atoms with Crippen molar-refractivity contribution >= 4 is 17.7 Å². The molecule has 5 heteroatoms. The average Bonchev–Trinajstić information content (AvgIpc) is 2.29. The Balaban J connectivity index is 2.36. The molecule has 0 heterocycles. The van der Waals surface area contributed by atoms with Crippen molar-refractivity contribution in [1.29, 1.82) is 0 Å². The second-order valence-corrected chi connectivity index (χ2v) is 5.00. The number of halogens is 1. The van der Waals surface area contributed by atoms with E-state index >= 15 is 0 Å². The average molecular weight is 242 g/mol. The lowest BCUT2D eigenvalue weighted by atomic mass is 10.2. The topological polar surface area (TPSA) is 55.1 Å². The van der Waals surface area contributed by atoms with E-state index in [0.717, 1.165) is 11.3 Å². The van der Waals surface area contributed by atoms with Crippen LogP contribution in [0.1, 0.15) is 19.8 Å². The zero-order valence-electron chi connectivity index (χ0n) is 9.07. The molecule has 0 spiro atoms. The highest BCUT2D eigenvalue weighted by atomic mass is 32.2. The molecule has 1 aromatic rings. The lowest BCUT2D eigenvalue weighted by Gasteiger charge is -2.10. The standard InChI is InChI=1S/C11H15FN2OS/c1-8(2-7-11(15)14-13)16-10-5-3-9(12)4-6-10/h3-6,8H,2,7,13H2,1H3,(H,14,15). The van der Waals surface area contributed by atoms with Gasteiger partial charge in [0.1, 0.15) is 5.82 Å². The van der Waals surface area contributed by atoms with E-state index in [1.807, 2.05) is 6.92 Å². The van der Waals surface area contributed by atoms with Gasteiger partial charge in [-0.1, -0.05) is 6.92 Å². The number of hydrogen-bond donors (Lipinski definition) is 2. The SMILES string of the molecule is CC(CCC(=O)NN)Sc1ccc(F)cc1. The number of amides is 1. The van der Waals surface area contributed by atoms with Crippen LogP contribution in [0.2, 0.25) is 0 Å². The Morgan fingerprint density at radius 1 is 1.50 bits per heavy atom. The van der Waals surface area contributed by atoms with Crippen molar-refractivity contribution in [1.82, 2.24) is 5.43 Å². The van der Waals surface area contributed by atoms with Gasteiger partial charge in [0.15, 0.2) is 0 Å². The van der Waals surface area contributed by atoms with Gasteiger partial charge in [-0.2, -0.15) is 0 Å². The minimum Gasteiger partial charge on any atom is -0.294 e. The molecule has 1 rings (SSSR count). The molecule has 0 aromatic heterocycles. The Morgan fingerprint density at radius 2 is 2.12 bits per heavy atom. The molecule has 3 nitrogen and oxygen atoms in total. The molecule has 0 fully saturated rings. The van der Waals surface area contributed by atoms with E-state index in [9.17, 15) is 9.18 Å². The van der Waals surface area contributed by atoms with Gasteiger partial charge in [0, 0.05) is 16.6 Å². The van der Waals surface area contributed by atoms with E-state index in [1.165, 1.54) is 12.1 Å². The fraction of sp³-hybridized carbons (Fsp3) is 0.364. The quantitative estimate of drug-likeness (QED) is 0.360. The van der Waals surface area contributed by atoms with Crippen LogP contribution in [-0.4, -0.2) is 11.2 Å². The molecule has 0 aliphatic carbocycles. The lowest BCUT2D eigenvalue weighted by Crippen LogP contribution is -2.30. The van der Waals surface area contributed by atoms with Crippen LogP contribution in [0.5, 0.6) is 0 Å². The maximum absolute atomic E-state index is 12.6. The summed E-state index contributed by atoms with van der Waals surface area (Å²) in [4.78, 5) is 11.9. The summed E-state index contributed by atoms with van der Waals surface area (Å²) in [6.45, 7) is 2.03. The van der Waals surface area contributed by atoms with Gasteiger partial charge in [0.2, 0.25) is 5.91 Å². The van der Waals surface area contributed by atoms with Crippen molar-refractivity contribution in [3.63, 3.8) is 0 Å². The predicted octanol–water partition coefficient (Wildman–Crippen LogP) is 2.08. The highest BCUT2D eigenvalue weighted by molar-refractivity contribution is 7.99. The minimum absolute atomic E-state index is 0.161. The number of carbonyl (C=O) groups excluding carboxylic acids is 1. The van der Waals surface area contributed by atoms with E-state index in [2.05, 4.69) is 5.43 Å². The molecule has 1 atom stereocenters. The summed E-state index contributed by atoms with van der Waals surface area (Å²) in [5.74, 6) is 4.58. The number of benzene rings is 1. The number of carbonyl (C=O) groups is 1. The van der Waals surface area contributed by atoms with Crippen LogP contribution in [0, 0.1) is 5.82 Å².